The highest BCUT2D eigenvalue weighted by Crippen LogP contribution is 2.36. The maximum atomic E-state index is 13.8. The summed E-state index contributed by atoms with van der Waals surface area (Å²) in [5.74, 6) is -0.671. The molecule has 0 unspecified atom stereocenters. The SMILES string of the molecule is COc1ccc(S(=O)(=O)N(CC(=O)N/N=C\c2ccccc2F)c2cc(Cl)ccc2OC)cc1OC. The molecule has 0 atom stereocenters. The molecule has 1 N–H and O–H groups in total. The molecular formula is C24H23ClFN3O6S. The van der Waals surface area contributed by atoms with Gasteiger partial charge in [0.25, 0.3) is 15.9 Å². The van der Waals surface area contributed by atoms with Gasteiger partial charge in [-0.15, -0.1) is 0 Å². The molecule has 0 saturated carbocycles. The van der Waals surface area contributed by atoms with E-state index in [1.54, 1.807) is 6.07 Å². The fourth-order valence-electron chi connectivity index (χ4n) is 3.18. The van der Waals surface area contributed by atoms with E-state index in [9.17, 15) is 17.6 Å². The lowest BCUT2D eigenvalue weighted by atomic mass is 10.2. The molecule has 0 radical (unpaired) electrons. The van der Waals surface area contributed by atoms with Crippen LogP contribution in [0.1, 0.15) is 5.56 Å². The highest BCUT2D eigenvalue weighted by Gasteiger charge is 2.30. The summed E-state index contributed by atoms with van der Waals surface area (Å²) in [7, 11) is -0.214. The number of halogens is 2. The predicted octanol–water partition coefficient (Wildman–Crippen LogP) is 3.85. The number of carbonyl (C=O) groups is 1. The number of ether oxygens (including phenoxy) is 3. The predicted molar refractivity (Wildman–Crippen MR) is 134 cm³/mol. The largest absolute Gasteiger partial charge is 0.495 e. The Morgan fingerprint density at radius 1 is 1.00 bits per heavy atom. The lowest BCUT2D eigenvalue weighted by Gasteiger charge is -2.25. The van der Waals surface area contributed by atoms with Crippen LogP contribution in [0.4, 0.5) is 10.1 Å². The van der Waals surface area contributed by atoms with Crippen molar-refractivity contribution < 1.29 is 31.8 Å². The Hall–Kier alpha value is -3.83. The van der Waals surface area contributed by atoms with Gasteiger partial charge < -0.3 is 14.2 Å². The summed E-state index contributed by atoms with van der Waals surface area (Å²) in [4.78, 5) is 12.6. The molecule has 0 fully saturated rings. The molecule has 0 spiro atoms. The molecule has 3 aromatic rings. The van der Waals surface area contributed by atoms with Crippen LogP contribution < -0.4 is 23.9 Å². The van der Waals surface area contributed by atoms with Gasteiger partial charge in [0.15, 0.2) is 11.5 Å². The van der Waals surface area contributed by atoms with Crippen LogP contribution in [0.3, 0.4) is 0 Å². The Balaban J connectivity index is 1.99. The van der Waals surface area contributed by atoms with E-state index in [-0.39, 0.29) is 32.7 Å². The molecule has 0 aliphatic heterocycles. The second-order valence-electron chi connectivity index (χ2n) is 7.16. The molecule has 1 amide bonds. The van der Waals surface area contributed by atoms with Crippen molar-refractivity contribution in [3.63, 3.8) is 0 Å². The molecule has 12 heteroatoms. The number of hydrogen-bond acceptors (Lipinski definition) is 7. The topological polar surface area (TPSA) is 107 Å². The highest BCUT2D eigenvalue weighted by atomic mass is 35.5. The quantitative estimate of drug-likeness (QED) is 0.312. The second-order valence-corrected chi connectivity index (χ2v) is 9.46. The molecule has 0 aromatic heterocycles. The van der Waals surface area contributed by atoms with Gasteiger partial charge in [0.1, 0.15) is 18.1 Å². The van der Waals surface area contributed by atoms with E-state index in [4.69, 9.17) is 25.8 Å². The maximum Gasteiger partial charge on any atom is 0.265 e. The van der Waals surface area contributed by atoms with Crippen molar-refractivity contribution in [3.05, 3.63) is 77.1 Å². The monoisotopic (exact) mass is 535 g/mol. The standard InChI is InChI=1S/C24H23ClFN3O6S/c1-33-21-10-8-17(25)12-20(21)29(15-24(30)28-27-14-16-6-4-5-7-19(16)26)36(31,32)18-9-11-22(34-2)23(13-18)35-3/h4-14H,15H2,1-3H3,(H,28,30)/b27-14-. The molecule has 9 nitrogen and oxygen atoms in total. The normalized spacial score (nSPS) is 11.2. The van der Waals surface area contributed by atoms with Gasteiger partial charge in [-0.2, -0.15) is 5.10 Å². The minimum absolute atomic E-state index is 0.0213. The minimum atomic E-state index is -4.35. The molecule has 36 heavy (non-hydrogen) atoms. The summed E-state index contributed by atoms with van der Waals surface area (Å²) in [5.41, 5.74) is 2.38. The lowest BCUT2D eigenvalue weighted by molar-refractivity contribution is -0.119. The van der Waals surface area contributed by atoms with E-state index in [2.05, 4.69) is 10.5 Å². The van der Waals surface area contributed by atoms with E-state index < -0.39 is 28.3 Å². The Labute approximate surface area is 213 Å². The molecule has 0 heterocycles. The summed E-state index contributed by atoms with van der Waals surface area (Å²) in [6.45, 7) is -0.692. The average Bonchev–Trinajstić information content (AvgIpc) is 2.87. The summed E-state index contributed by atoms with van der Waals surface area (Å²) in [6.07, 6.45) is 1.11. The van der Waals surface area contributed by atoms with Gasteiger partial charge in [-0.1, -0.05) is 29.8 Å². The van der Waals surface area contributed by atoms with Crippen LogP contribution in [0.15, 0.2) is 70.7 Å². The second kappa shape index (κ2) is 11.7. The van der Waals surface area contributed by atoms with Gasteiger partial charge in [0.2, 0.25) is 0 Å². The van der Waals surface area contributed by atoms with E-state index in [0.29, 0.717) is 5.75 Å². The molecule has 3 aromatic carbocycles. The van der Waals surface area contributed by atoms with Crippen LogP contribution in [0.25, 0.3) is 0 Å². The molecule has 0 aliphatic carbocycles. The van der Waals surface area contributed by atoms with Crippen LogP contribution in [-0.2, 0) is 14.8 Å². The molecule has 0 bridgehead atoms. The third-order valence-electron chi connectivity index (χ3n) is 4.94. The van der Waals surface area contributed by atoms with E-state index in [1.165, 1.54) is 75.9 Å². The number of methoxy groups -OCH3 is 3. The zero-order valence-electron chi connectivity index (χ0n) is 19.6. The zero-order chi connectivity index (χ0) is 26.3. The van der Waals surface area contributed by atoms with Gasteiger partial charge >= 0.3 is 0 Å². The van der Waals surface area contributed by atoms with Crippen molar-refractivity contribution in [1.29, 1.82) is 0 Å². The molecule has 3 rings (SSSR count). The molecule has 190 valence electrons. The smallest absolute Gasteiger partial charge is 0.265 e. The number of nitrogens with zero attached hydrogens (tertiary/aromatic N) is 2. The van der Waals surface area contributed by atoms with Crippen molar-refractivity contribution in [2.45, 2.75) is 4.90 Å². The summed E-state index contributed by atoms with van der Waals surface area (Å²) in [5, 5.41) is 3.95. The Morgan fingerprint density at radius 2 is 1.67 bits per heavy atom. The van der Waals surface area contributed by atoms with Gasteiger partial charge in [-0.05, 0) is 36.4 Å². The maximum absolute atomic E-state index is 13.8. The summed E-state index contributed by atoms with van der Waals surface area (Å²) in [6, 6.07) is 14.2. The number of anilines is 1. The molecule has 0 aliphatic rings. The van der Waals surface area contributed by atoms with Gasteiger partial charge in [0.05, 0.1) is 38.1 Å². The van der Waals surface area contributed by atoms with Crippen molar-refractivity contribution in [2.24, 2.45) is 5.10 Å². The number of hydrogen-bond donors (Lipinski definition) is 1. The van der Waals surface area contributed by atoms with Gasteiger partial charge in [-0.3, -0.25) is 9.10 Å². The lowest BCUT2D eigenvalue weighted by Crippen LogP contribution is -2.39. The molecular weight excluding hydrogens is 513 g/mol. The minimum Gasteiger partial charge on any atom is -0.495 e. The van der Waals surface area contributed by atoms with E-state index >= 15 is 0 Å². The highest BCUT2D eigenvalue weighted by molar-refractivity contribution is 7.92. The Bertz CT molecular complexity index is 1380. The number of carbonyl (C=O) groups excluding carboxylic acids is 1. The zero-order valence-corrected chi connectivity index (χ0v) is 21.1. The van der Waals surface area contributed by atoms with Crippen molar-refractivity contribution >= 4 is 39.4 Å². The van der Waals surface area contributed by atoms with Crippen LogP contribution in [0, 0.1) is 5.82 Å². The number of amides is 1. The number of benzene rings is 3. The summed E-state index contributed by atoms with van der Waals surface area (Å²) < 4.78 is 57.8. The van der Waals surface area contributed by atoms with E-state index in [1.807, 2.05) is 0 Å². The van der Waals surface area contributed by atoms with Gasteiger partial charge in [-0.25, -0.2) is 18.2 Å². The van der Waals surface area contributed by atoms with Crippen LogP contribution >= 0.6 is 11.6 Å². The van der Waals surface area contributed by atoms with Crippen molar-refractivity contribution in [2.75, 3.05) is 32.2 Å². The Kier molecular flexibility index (Phi) is 8.73. The van der Waals surface area contributed by atoms with E-state index in [0.717, 1.165) is 10.5 Å². The number of hydrazone groups is 1. The number of nitrogens with one attached hydrogen (secondary N) is 1. The fourth-order valence-corrected chi connectivity index (χ4v) is 4.79. The van der Waals surface area contributed by atoms with Crippen LogP contribution in [0.2, 0.25) is 5.02 Å². The summed E-state index contributed by atoms with van der Waals surface area (Å²) >= 11 is 6.13. The molecule has 0 saturated heterocycles. The third kappa shape index (κ3) is 6.04. The average molecular weight is 536 g/mol. The van der Waals surface area contributed by atoms with Crippen molar-refractivity contribution in [1.82, 2.24) is 5.43 Å². The van der Waals surface area contributed by atoms with Crippen molar-refractivity contribution in [3.8, 4) is 17.2 Å². The number of sulfonamides is 1. The first-order valence-electron chi connectivity index (χ1n) is 10.4. The number of rotatable bonds is 10. The third-order valence-corrected chi connectivity index (χ3v) is 6.93. The van der Waals surface area contributed by atoms with Crippen LogP contribution in [0.5, 0.6) is 17.2 Å². The first kappa shape index (κ1) is 26.8. The Morgan fingerprint density at radius 3 is 2.33 bits per heavy atom. The fraction of sp³-hybridized carbons (Fsp3) is 0.167. The van der Waals surface area contributed by atoms with Gasteiger partial charge in [0, 0.05) is 16.7 Å². The first-order valence-corrected chi connectivity index (χ1v) is 12.2. The van der Waals surface area contributed by atoms with Crippen LogP contribution in [-0.4, -0.2) is 48.4 Å². The first-order chi connectivity index (χ1) is 17.2.